The van der Waals surface area contributed by atoms with Crippen molar-refractivity contribution in [2.45, 2.75) is 19.5 Å². The van der Waals surface area contributed by atoms with E-state index in [0.29, 0.717) is 6.54 Å². The minimum atomic E-state index is -0.0798. The predicted molar refractivity (Wildman–Crippen MR) is 70.7 cm³/mol. The summed E-state index contributed by atoms with van der Waals surface area (Å²) in [5.74, 6) is 1.55. The zero-order valence-electron chi connectivity index (χ0n) is 10.8. The molecule has 0 aliphatic carbocycles. The molecule has 0 atom stereocenters. The minimum Gasteiger partial charge on any atom is -0.497 e. The third-order valence-corrected chi connectivity index (χ3v) is 3.27. The molecule has 3 rings (SSSR count). The lowest BCUT2D eigenvalue weighted by Crippen LogP contribution is -2.24. The molecular formula is C13H16N4O2. The van der Waals surface area contributed by atoms with Gasteiger partial charge < -0.3 is 10.1 Å². The molecule has 1 N–H and O–H groups in total. The van der Waals surface area contributed by atoms with Crippen LogP contribution in [0.15, 0.2) is 29.1 Å². The summed E-state index contributed by atoms with van der Waals surface area (Å²) in [5.41, 5.74) is 0.676. The Balaban J connectivity index is 2.03. The van der Waals surface area contributed by atoms with Crippen molar-refractivity contribution < 1.29 is 4.74 Å². The number of ether oxygens (including phenoxy) is 1. The van der Waals surface area contributed by atoms with E-state index < -0.39 is 0 Å². The molecule has 2 aromatic rings. The van der Waals surface area contributed by atoms with Gasteiger partial charge in [-0.05, 0) is 37.2 Å². The third-order valence-electron chi connectivity index (χ3n) is 3.27. The van der Waals surface area contributed by atoms with Gasteiger partial charge in [-0.2, -0.15) is 4.68 Å². The number of nitrogens with zero attached hydrogens (tertiary/aromatic N) is 3. The first-order valence-corrected chi connectivity index (χ1v) is 6.33. The third kappa shape index (κ3) is 2.15. The lowest BCUT2D eigenvalue weighted by Gasteiger charge is -2.02. The van der Waals surface area contributed by atoms with Gasteiger partial charge in [0.15, 0.2) is 0 Å². The summed E-state index contributed by atoms with van der Waals surface area (Å²) in [4.78, 5) is 12.3. The second-order valence-electron chi connectivity index (χ2n) is 4.49. The van der Waals surface area contributed by atoms with E-state index in [9.17, 15) is 4.79 Å². The average molecular weight is 260 g/mol. The predicted octanol–water partition coefficient (Wildman–Crippen LogP) is 0.536. The van der Waals surface area contributed by atoms with Crippen LogP contribution < -0.4 is 15.7 Å². The minimum absolute atomic E-state index is 0.0798. The number of nitrogens with one attached hydrogen (secondary N) is 1. The highest BCUT2D eigenvalue weighted by molar-refractivity contribution is 5.36. The van der Waals surface area contributed by atoms with Crippen LogP contribution in [0.5, 0.6) is 5.75 Å². The first kappa shape index (κ1) is 12.0. The van der Waals surface area contributed by atoms with Crippen molar-refractivity contribution in [3.05, 3.63) is 40.6 Å². The van der Waals surface area contributed by atoms with E-state index in [1.54, 1.807) is 11.7 Å². The van der Waals surface area contributed by atoms with Gasteiger partial charge in [-0.1, -0.05) is 0 Å². The molecule has 1 aromatic heterocycles. The van der Waals surface area contributed by atoms with Crippen LogP contribution >= 0.6 is 0 Å². The summed E-state index contributed by atoms with van der Waals surface area (Å²) < 4.78 is 8.30. The highest BCUT2D eigenvalue weighted by atomic mass is 16.5. The normalized spacial score (nSPS) is 14.8. The molecule has 0 amide bonds. The molecule has 1 aromatic carbocycles. The molecule has 0 radical (unpaired) electrons. The van der Waals surface area contributed by atoms with E-state index >= 15 is 0 Å². The Labute approximate surface area is 110 Å². The fraction of sp³-hybridized carbons (Fsp3) is 0.385. The second-order valence-corrected chi connectivity index (χ2v) is 4.49. The molecule has 0 spiro atoms. The fourth-order valence-electron chi connectivity index (χ4n) is 2.25. The molecule has 0 fully saturated rings. The molecule has 100 valence electrons. The molecule has 0 saturated carbocycles. The van der Waals surface area contributed by atoms with Gasteiger partial charge in [0.05, 0.1) is 19.3 Å². The maximum atomic E-state index is 12.3. The summed E-state index contributed by atoms with van der Waals surface area (Å²) in [6, 6.07) is 7.32. The van der Waals surface area contributed by atoms with Crippen molar-refractivity contribution >= 4 is 0 Å². The molecule has 0 unspecified atom stereocenters. The highest BCUT2D eigenvalue weighted by Gasteiger charge is 2.16. The van der Waals surface area contributed by atoms with Crippen molar-refractivity contribution in [1.82, 2.24) is 19.7 Å². The van der Waals surface area contributed by atoms with Crippen LogP contribution in [-0.2, 0) is 13.1 Å². The summed E-state index contributed by atoms with van der Waals surface area (Å²) in [5, 5.41) is 7.66. The molecule has 0 bridgehead atoms. The standard InChI is InChI=1S/C13H16N4O2/c1-19-11-5-3-10(4-6-11)17-13(18)16-8-2-7-14-9-12(16)15-17/h3-6,14H,2,7-9H2,1H3. The smallest absolute Gasteiger partial charge is 0.350 e. The van der Waals surface area contributed by atoms with Gasteiger partial charge in [0, 0.05) is 6.54 Å². The van der Waals surface area contributed by atoms with Crippen LogP contribution in [0.4, 0.5) is 0 Å². The molecule has 19 heavy (non-hydrogen) atoms. The van der Waals surface area contributed by atoms with Gasteiger partial charge in [-0.3, -0.25) is 4.57 Å². The van der Waals surface area contributed by atoms with E-state index in [1.807, 2.05) is 24.3 Å². The summed E-state index contributed by atoms with van der Waals surface area (Å²) in [6.45, 7) is 2.28. The Morgan fingerprint density at radius 1 is 1.32 bits per heavy atom. The molecule has 1 aliphatic heterocycles. The van der Waals surface area contributed by atoms with Gasteiger partial charge in [0.25, 0.3) is 0 Å². The number of hydrogen-bond donors (Lipinski definition) is 1. The lowest BCUT2D eigenvalue weighted by atomic mass is 10.3. The Kier molecular flexibility index (Phi) is 3.08. The zero-order chi connectivity index (χ0) is 13.2. The van der Waals surface area contributed by atoms with Crippen LogP contribution in [0.3, 0.4) is 0 Å². The van der Waals surface area contributed by atoms with Crippen molar-refractivity contribution in [3.63, 3.8) is 0 Å². The molecule has 1 aliphatic rings. The number of benzene rings is 1. The average Bonchev–Trinajstić information content (AvgIpc) is 2.64. The van der Waals surface area contributed by atoms with Crippen LogP contribution in [0, 0.1) is 0 Å². The van der Waals surface area contributed by atoms with E-state index in [1.165, 1.54) is 4.68 Å². The quantitative estimate of drug-likeness (QED) is 0.856. The maximum Gasteiger partial charge on any atom is 0.350 e. The van der Waals surface area contributed by atoms with Crippen molar-refractivity contribution in [2.24, 2.45) is 0 Å². The Morgan fingerprint density at radius 3 is 2.84 bits per heavy atom. The Hall–Kier alpha value is -2.08. The molecule has 6 nitrogen and oxygen atoms in total. The van der Waals surface area contributed by atoms with Crippen molar-refractivity contribution in [2.75, 3.05) is 13.7 Å². The molecular weight excluding hydrogens is 244 g/mol. The van der Waals surface area contributed by atoms with Crippen molar-refractivity contribution in [1.29, 1.82) is 0 Å². The zero-order valence-corrected chi connectivity index (χ0v) is 10.8. The maximum absolute atomic E-state index is 12.3. The number of rotatable bonds is 2. The molecule has 6 heteroatoms. The number of methoxy groups -OCH3 is 1. The Bertz CT molecular complexity index is 627. The second kappa shape index (κ2) is 4.89. The SMILES string of the molecule is COc1ccc(-n2nc3n(c2=O)CCCNC3)cc1. The highest BCUT2D eigenvalue weighted by Crippen LogP contribution is 2.13. The van der Waals surface area contributed by atoms with Gasteiger partial charge in [0.2, 0.25) is 0 Å². The van der Waals surface area contributed by atoms with Gasteiger partial charge >= 0.3 is 5.69 Å². The largest absolute Gasteiger partial charge is 0.497 e. The Morgan fingerprint density at radius 2 is 2.11 bits per heavy atom. The monoisotopic (exact) mass is 260 g/mol. The van der Waals surface area contributed by atoms with Gasteiger partial charge in [-0.25, -0.2) is 4.79 Å². The number of fused-ring (bicyclic) bond motifs is 1. The van der Waals surface area contributed by atoms with Crippen LogP contribution in [0.2, 0.25) is 0 Å². The van der Waals surface area contributed by atoms with E-state index in [2.05, 4.69) is 10.4 Å². The summed E-state index contributed by atoms with van der Waals surface area (Å²) in [7, 11) is 1.62. The summed E-state index contributed by atoms with van der Waals surface area (Å²) in [6.07, 6.45) is 0.946. The van der Waals surface area contributed by atoms with Crippen LogP contribution in [0.25, 0.3) is 5.69 Å². The van der Waals surface area contributed by atoms with E-state index in [-0.39, 0.29) is 5.69 Å². The van der Waals surface area contributed by atoms with Crippen molar-refractivity contribution in [3.8, 4) is 11.4 Å². The first-order valence-electron chi connectivity index (χ1n) is 6.33. The number of aromatic nitrogens is 3. The topological polar surface area (TPSA) is 61.1 Å². The van der Waals surface area contributed by atoms with Crippen LogP contribution in [-0.4, -0.2) is 28.0 Å². The molecule has 0 saturated heterocycles. The summed E-state index contributed by atoms with van der Waals surface area (Å²) >= 11 is 0. The molecule has 2 heterocycles. The number of hydrogen-bond acceptors (Lipinski definition) is 4. The van der Waals surface area contributed by atoms with Gasteiger partial charge in [-0.15, -0.1) is 5.10 Å². The van der Waals surface area contributed by atoms with Gasteiger partial charge in [0.1, 0.15) is 11.6 Å². The van der Waals surface area contributed by atoms with E-state index in [4.69, 9.17) is 4.74 Å². The first-order chi connectivity index (χ1) is 9.29. The van der Waals surface area contributed by atoms with E-state index in [0.717, 1.165) is 36.8 Å². The fourth-order valence-corrected chi connectivity index (χ4v) is 2.25. The van der Waals surface area contributed by atoms with Crippen LogP contribution in [0.1, 0.15) is 12.2 Å². The lowest BCUT2D eigenvalue weighted by molar-refractivity contribution is 0.414.